The summed E-state index contributed by atoms with van der Waals surface area (Å²) >= 11 is 0. The molecule has 2 aromatic rings. The van der Waals surface area contributed by atoms with Crippen molar-refractivity contribution in [2.75, 3.05) is 0 Å². The number of aromatic amines is 1. The molecule has 0 amide bonds. The maximum absolute atomic E-state index is 11.5. The number of hydrogen-bond acceptors (Lipinski definition) is 3. The second kappa shape index (κ2) is 4.79. The van der Waals surface area contributed by atoms with Gasteiger partial charge in [-0.2, -0.15) is 5.26 Å². The van der Waals surface area contributed by atoms with Crippen molar-refractivity contribution in [1.29, 1.82) is 5.26 Å². The molecule has 0 aliphatic rings. The standard InChI is InChI=1S/C13H13N3O/c1-2-3-4-9-7-12(17)16-10-5-6-15-11(8-14)13(9)10/h5-7H,2-4H2,1H3,(H,16,17). The van der Waals surface area contributed by atoms with Gasteiger partial charge in [0.25, 0.3) is 0 Å². The zero-order valence-electron chi connectivity index (χ0n) is 9.66. The Bertz CT molecular complexity index is 637. The maximum atomic E-state index is 11.5. The van der Waals surface area contributed by atoms with Gasteiger partial charge in [0.1, 0.15) is 11.8 Å². The molecule has 4 heteroatoms. The van der Waals surface area contributed by atoms with Crippen LogP contribution in [0.5, 0.6) is 0 Å². The van der Waals surface area contributed by atoms with Crippen molar-refractivity contribution >= 4 is 10.9 Å². The van der Waals surface area contributed by atoms with Crippen molar-refractivity contribution in [2.45, 2.75) is 26.2 Å². The molecule has 2 heterocycles. The van der Waals surface area contributed by atoms with Crippen LogP contribution in [0.1, 0.15) is 31.0 Å². The highest BCUT2D eigenvalue weighted by Gasteiger charge is 2.08. The lowest BCUT2D eigenvalue weighted by atomic mass is 10.0. The van der Waals surface area contributed by atoms with E-state index >= 15 is 0 Å². The van der Waals surface area contributed by atoms with Crippen LogP contribution in [0.4, 0.5) is 0 Å². The summed E-state index contributed by atoms with van der Waals surface area (Å²) in [6.45, 7) is 2.10. The molecule has 0 bridgehead atoms. The molecule has 0 aromatic carbocycles. The highest BCUT2D eigenvalue weighted by molar-refractivity contribution is 5.86. The Morgan fingerprint density at radius 1 is 1.53 bits per heavy atom. The lowest BCUT2D eigenvalue weighted by Gasteiger charge is -2.06. The number of aromatic nitrogens is 2. The Morgan fingerprint density at radius 3 is 3.06 bits per heavy atom. The van der Waals surface area contributed by atoms with Crippen LogP contribution in [0.3, 0.4) is 0 Å². The molecule has 4 nitrogen and oxygen atoms in total. The number of nitrogens with zero attached hydrogens (tertiary/aromatic N) is 2. The molecule has 0 spiro atoms. The minimum absolute atomic E-state index is 0.126. The molecule has 2 aromatic heterocycles. The molecule has 0 unspecified atom stereocenters. The van der Waals surface area contributed by atoms with Gasteiger partial charge in [0.05, 0.1) is 5.52 Å². The van der Waals surface area contributed by atoms with E-state index in [9.17, 15) is 4.79 Å². The summed E-state index contributed by atoms with van der Waals surface area (Å²) < 4.78 is 0. The van der Waals surface area contributed by atoms with Crippen molar-refractivity contribution in [3.8, 4) is 6.07 Å². The van der Waals surface area contributed by atoms with Crippen molar-refractivity contribution in [1.82, 2.24) is 9.97 Å². The van der Waals surface area contributed by atoms with Crippen LogP contribution in [0.25, 0.3) is 10.9 Å². The molecule has 0 saturated carbocycles. The molecule has 2 rings (SSSR count). The van der Waals surface area contributed by atoms with Gasteiger partial charge < -0.3 is 4.98 Å². The van der Waals surface area contributed by atoms with Crippen LogP contribution >= 0.6 is 0 Å². The smallest absolute Gasteiger partial charge is 0.248 e. The minimum atomic E-state index is -0.126. The highest BCUT2D eigenvalue weighted by Crippen LogP contribution is 2.19. The summed E-state index contributed by atoms with van der Waals surface area (Å²) in [5.41, 5.74) is 1.86. The molecule has 0 saturated heterocycles. The van der Waals surface area contributed by atoms with Gasteiger partial charge >= 0.3 is 0 Å². The van der Waals surface area contributed by atoms with Gasteiger partial charge in [0, 0.05) is 17.6 Å². The first-order valence-electron chi connectivity index (χ1n) is 5.67. The molecular weight excluding hydrogens is 214 g/mol. The second-order valence-electron chi connectivity index (χ2n) is 3.96. The minimum Gasteiger partial charge on any atom is -0.322 e. The van der Waals surface area contributed by atoms with E-state index in [1.165, 1.54) is 0 Å². The number of fused-ring (bicyclic) bond motifs is 1. The van der Waals surface area contributed by atoms with E-state index < -0.39 is 0 Å². The summed E-state index contributed by atoms with van der Waals surface area (Å²) in [6.07, 6.45) is 4.40. The molecule has 1 N–H and O–H groups in total. The van der Waals surface area contributed by atoms with Gasteiger partial charge in [-0.1, -0.05) is 13.3 Å². The van der Waals surface area contributed by atoms with Crippen molar-refractivity contribution in [3.63, 3.8) is 0 Å². The van der Waals surface area contributed by atoms with Gasteiger partial charge in [-0.15, -0.1) is 0 Å². The zero-order chi connectivity index (χ0) is 12.3. The largest absolute Gasteiger partial charge is 0.322 e. The van der Waals surface area contributed by atoms with Crippen LogP contribution in [-0.2, 0) is 6.42 Å². The van der Waals surface area contributed by atoms with Crippen molar-refractivity contribution in [3.05, 3.63) is 39.9 Å². The van der Waals surface area contributed by atoms with Crippen molar-refractivity contribution in [2.24, 2.45) is 0 Å². The van der Waals surface area contributed by atoms with Crippen LogP contribution < -0.4 is 5.56 Å². The first kappa shape index (κ1) is 11.3. The fraction of sp³-hybridized carbons (Fsp3) is 0.308. The third-order valence-electron chi connectivity index (χ3n) is 2.74. The summed E-state index contributed by atoms with van der Waals surface area (Å²) in [7, 11) is 0. The molecule has 0 aliphatic carbocycles. The first-order chi connectivity index (χ1) is 8.26. The molecule has 0 radical (unpaired) electrons. The number of unbranched alkanes of at least 4 members (excludes halogenated alkanes) is 1. The predicted octanol–water partition coefficient (Wildman–Crippen LogP) is 2.14. The van der Waals surface area contributed by atoms with E-state index in [4.69, 9.17) is 5.26 Å². The normalized spacial score (nSPS) is 10.4. The number of nitriles is 1. The molecule has 0 aliphatic heterocycles. The van der Waals surface area contributed by atoms with E-state index in [-0.39, 0.29) is 5.56 Å². The topological polar surface area (TPSA) is 69.5 Å². The first-order valence-corrected chi connectivity index (χ1v) is 5.67. The number of nitrogens with one attached hydrogen (secondary N) is 1. The van der Waals surface area contributed by atoms with E-state index in [1.807, 2.05) is 0 Å². The van der Waals surface area contributed by atoms with Crippen LogP contribution in [-0.4, -0.2) is 9.97 Å². The summed E-state index contributed by atoms with van der Waals surface area (Å²) in [4.78, 5) is 18.3. The van der Waals surface area contributed by atoms with Crippen LogP contribution in [0.2, 0.25) is 0 Å². The number of pyridine rings is 2. The second-order valence-corrected chi connectivity index (χ2v) is 3.96. The Kier molecular flexibility index (Phi) is 3.20. The number of H-pyrrole nitrogens is 1. The average molecular weight is 227 g/mol. The summed E-state index contributed by atoms with van der Waals surface area (Å²) in [6, 6.07) is 5.37. The third-order valence-corrected chi connectivity index (χ3v) is 2.74. The monoisotopic (exact) mass is 227 g/mol. The molecule has 0 fully saturated rings. The van der Waals surface area contributed by atoms with Gasteiger partial charge in [-0.3, -0.25) is 4.79 Å². The van der Waals surface area contributed by atoms with Gasteiger partial charge in [0.2, 0.25) is 5.56 Å². The fourth-order valence-corrected chi connectivity index (χ4v) is 1.94. The number of rotatable bonds is 3. The predicted molar refractivity (Wildman–Crippen MR) is 65.7 cm³/mol. The molecule has 86 valence electrons. The Morgan fingerprint density at radius 2 is 2.35 bits per heavy atom. The number of aryl methyl sites for hydroxylation is 1. The molecule has 0 atom stereocenters. The quantitative estimate of drug-likeness (QED) is 0.873. The highest BCUT2D eigenvalue weighted by atomic mass is 16.1. The summed E-state index contributed by atoms with van der Waals surface area (Å²) in [5.74, 6) is 0. The summed E-state index contributed by atoms with van der Waals surface area (Å²) in [5, 5.41) is 9.83. The third kappa shape index (κ3) is 2.18. The van der Waals surface area contributed by atoms with Gasteiger partial charge in [0.15, 0.2) is 0 Å². The van der Waals surface area contributed by atoms with Gasteiger partial charge in [-0.25, -0.2) is 4.98 Å². The Balaban J connectivity index is 2.71. The Hall–Kier alpha value is -2.15. The average Bonchev–Trinajstić information content (AvgIpc) is 2.34. The Labute approximate surface area is 98.9 Å². The molecule has 17 heavy (non-hydrogen) atoms. The number of hydrogen-bond donors (Lipinski definition) is 1. The SMILES string of the molecule is CCCCc1cc(=O)[nH]c2ccnc(C#N)c12. The van der Waals surface area contributed by atoms with Crippen molar-refractivity contribution < 1.29 is 0 Å². The van der Waals surface area contributed by atoms with E-state index in [1.54, 1.807) is 18.3 Å². The van der Waals surface area contributed by atoms with Crippen LogP contribution in [0, 0.1) is 11.3 Å². The maximum Gasteiger partial charge on any atom is 0.248 e. The lowest BCUT2D eigenvalue weighted by molar-refractivity contribution is 0.797. The van der Waals surface area contributed by atoms with E-state index in [0.717, 1.165) is 30.2 Å². The van der Waals surface area contributed by atoms with Crippen LogP contribution in [0.15, 0.2) is 23.1 Å². The lowest BCUT2D eigenvalue weighted by Crippen LogP contribution is -2.08. The fourth-order valence-electron chi connectivity index (χ4n) is 1.94. The van der Waals surface area contributed by atoms with Gasteiger partial charge in [-0.05, 0) is 24.5 Å². The zero-order valence-corrected chi connectivity index (χ0v) is 9.66. The molecular formula is C13H13N3O. The van der Waals surface area contributed by atoms with E-state index in [0.29, 0.717) is 11.2 Å². The van der Waals surface area contributed by atoms with E-state index in [2.05, 4.69) is 23.0 Å².